The molecule has 0 radical (unpaired) electrons. The van der Waals surface area contributed by atoms with E-state index in [1.165, 1.54) is 13.2 Å². The van der Waals surface area contributed by atoms with E-state index >= 15 is 0 Å². The van der Waals surface area contributed by atoms with Crippen LogP contribution in [0, 0.1) is 5.82 Å². The van der Waals surface area contributed by atoms with E-state index in [1.807, 2.05) is 4.57 Å². The van der Waals surface area contributed by atoms with Gasteiger partial charge in [-0.3, -0.25) is 0 Å². The average Bonchev–Trinajstić information content (AvgIpc) is 3.09. The van der Waals surface area contributed by atoms with Crippen molar-refractivity contribution in [2.45, 2.75) is 32.9 Å². The molecule has 9 heteroatoms. The first-order valence-corrected chi connectivity index (χ1v) is 10.6. The van der Waals surface area contributed by atoms with Crippen molar-refractivity contribution in [3.8, 4) is 0 Å². The summed E-state index contributed by atoms with van der Waals surface area (Å²) in [4.78, 5) is 28.6. The third kappa shape index (κ3) is 6.10. The molecule has 1 N–H and O–H groups in total. The molecule has 0 spiro atoms. The molecule has 3 aromatic rings. The number of fused-ring (bicyclic) bond motifs is 1. The minimum absolute atomic E-state index is 0.0231. The molecule has 3 rings (SSSR count). The normalized spacial score (nSPS) is 11.7. The van der Waals surface area contributed by atoms with Crippen molar-refractivity contribution >= 4 is 46.8 Å². The van der Waals surface area contributed by atoms with Crippen molar-refractivity contribution in [2.24, 2.45) is 0 Å². The third-order valence-electron chi connectivity index (χ3n) is 4.60. The lowest BCUT2D eigenvalue weighted by molar-refractivity contribution is 0.0525. The zero-order chi connectivity index (χ0) is 24.2. The molecule has 1 heterocycles. The highest BCUT2D eigenvalue weighted by atomic mass is 35.5. The van der Waals surface area contributed by atoms with Crippen molar-refractivity contribution in [1.29, 1.82) is 0 Å². The second-order valence-corrected chi connectivity index (χ2v) is 8.63. The maximum absolute atomic E-state index is 14.3. The summed E-state index contributed by atoms with van der Waals surface area (Å²) in [6.07, 6.45) is 2.68. The van der Waals surface area contributed by atoms with E-state index in [4.69, 9.17) is 21.1 Å². The van der Waals surface area contributed by atoms with Gasteiger partial charge in [-0.15, -0.1) is 0 Å². The Hall–Kier alpha value is -3.39. The van der Waals surface area contributed by atoms with E-state index in [0.717, 1.165) is 0 Å². The zero-order valence-electron chi connectivity index (χ0n) is 18.8. The Bertz CT molecular complexity index is 1210. The van der Waals surface area contributed by atoms with Crippen LogP contribution in [0.5, 0.6) is 0 Å². The van der Waals surface area contributed by atoms with Gasteiger partial charge in [0.15, 0.2) is 0 Å². The molecule has 0 unspecified atom stereocenters. The second kappa shape index (κ2) is 10.0. The van der Waals surface area contributed by atoms with Gasteiger partial charge in [0.2, 0.25) is 0 Å². The monoisotopic (exact) mass is 473 g/mol. The molecule has 2 aromatic carbocycles. The van der Waals surface area contributed by atoms with Crippen LogP contribution in [0.15, 0.2) is 36.4 Å². The van der Waals surface area contributed by atoms with Crippen LogP contribution in [0.25, 0.3) is 23.2 Å². The van der Waals surface area contributed by atoms with Crippen LogP contribution in [0.4, 0.5) is 9.18 Å². The first-order valence-electron chi connectivity index (χ1n) is 10.3. The van der Waals surface area contributed by atoms with Crippen LogP contribution in [-0.2, 0) is 16.0 Å². The average molecular weight is 474 g/mol. The first kappa shape index (κ1) is 24.3. The Morgan fingerprint density at radius 3 is 2.67 bits per heavy atom. The van der Waals surface area contributed by atoms with Gasteiger partial charge in [-0.25, -0.2) is 19.0 Å². The van der Waals surface area contributed by atoms with Crippen LogP contribution in [0.3, 0.4) is 0 Å². The maximum Gasteiger partial charge on any atom is 0.407 e. The van der Waals surface area contributed by atoms with Gasteiger partial charge in [0.05, 0.1) is 28.7 Å². The molecule has 1 amide bonds. The Morgan fingerprint density at radius 1 is 1.21 bits per heavy atom. The fourth-order valence-electron chi connectivity index (χ4n) is 3.15. The Balaban J connectivity index is 1.94. The van der Waals surface area contributed by atoms with Gasteiger partial charge in [-0.1, -0.05) is 23.7 Å². The summed E-state index contributed by atoms with van der Waals surface area (Å²) in [5, 5.41) is 2.73. The number of hydrogen-bond acceptors (Lipinski definition) is 5. The van der Waals surface area contributed by atoms with Gasteiger partial charge < -0.3 is 19.4 Å². The Labute approximate surface area is 196 Å². The van der Waals surface area contributed by atoms with Gasteiger partial charge in [-0.05, 0) is 57.2 Å². The predicted molar refractivity (Wildman–Crippen MR) is 126 cm³/mol. The fourth-order valence-corrected chi connectivity index (χ4v) is 3.33. The van der Waals surface area contributed by atoms with Crippen LogP contribution in [0.2, 0.25) is 5.02 Å². The molecule has 1 aromatic heterocycles. The number of esters is 1. The molecule has 0 bridgehead atoms. The Morgan fingerprint density at radius 2 is 1.97 bits per heavy atom. The number of ether oxygens (including phenoxy) is 2. The van der Waals surface area contributed by atoms with E-state index in [0.29, 0.717) is 34.5 Å². The lowest BCUT2D eigenvalue weighted by Crippen LogP contribution is -2.34. The minimum Gasteiger partial charge on any atom is -0.465 e. The zero-order valence-corrected chi connectivity index (χ0v) is 19.6. The van der Waals surface area contributed by atoms with Crippen LogP contribution in [-0.4, -0.2) is 40.9 Å². The van der Waals surface area contributed by atoms with Gasteiger partial charge >= 0.3 is 12.1 Å². The number of rotatable bonds is 6. The smallest absolute Gasteiger partial charge is 0.407 e. The van der Waals surface area contributed by atoms with E-state index in [9.17, 15) is 14.0 Å². The second-order valence-electron chi connectivity index (χ2n) is 8.22. The summed E-state index contributed by atoms with van der Waals surface area (Å²) in [7, 11) is 1.31. The van der Waals surface area contributed by atoms with Crippen LogP contribution >= 0.6 is 11.6 Å². The molecule has 0 aliphatic heterocycles. The number of halogens is 2. The Kier molecular flexibility index (Phi) is 7.38. The number of carbonyl (C=O) groups excluding carboxylic acids is 2. The molecular formula is C24H25ClFN3O4. The topological polar surface area (TPSA) is 82.5 Å². The molecule has 0 fully saturated rings. The summed E-state index contributed by atoms with van der Waals surface area (Å²) in [5.41, 5.74) is 1.35. The summed E-state index contributed by atoms with van der Waals surface area (Å²) >= 11 is 5.87. The SMILES string of the molecule is COC(=O)c1ccc2nc(/C=C/c3cccc(Cl)c3F)n(CCNC(=O)OC(C)(C)C)c2c1. The van der Waals surface area contributed by atoms with Gasteiger partial charge in [0.1, 0.15) is 17.2 Å². The highest BCUT2D eigenvalue weighted by molar-refractivity contribution is 6.30. The number of methoxy groups -OCH3 is 1. The standard InChI is InChI=1S/C24H25ClFN3O4/c1-24(2,3)33-23(31)27-12-13-29-19-14-16(22(30)32-4)8-10-18(19)28-20(29)11-9-15-6-5-7-17(25)21(15)26/h5-11,14H,12-13H2,1-4H3,(H,27,31)/b11-9+. The first-order chi connectivity index (χ1) is 15.6. The molecule has 0 atom stereocenters. The molecule has 0 saturated heterocycles. The number of aromatic nitrogens is 2. The van der Waals surface area contributed by atoms with E-state index in [-0.39, 0.29) is 11.6 Å². The van der Waals surface area contributed by atoms with Gasteiger partial charge in [-0.2, -0.15) is 0 Å². The van der Waals surface area contributed by atoms with E-state index in [1.54, 1.807) is 63.3 Å². The number of benzene rings is 2. The van der Waals surface area contributed by atoms with Crippen molar-refractivity contribution in [1.82, 2.24) is 14.9 Å². The molecule has 33 heavy (non-hydrogen) atoms. The summed E-state index contributed by atoms with van der Waals surface area (Å²) in [6, 6.07) is 9.72. The van der Waals surface area contributed by atoms with Crippen molar-refractivity contribution in [2.75, 3.05) is 13.7 Å². The summed E-state index contributed by atoms with van der Waals surface area (Å²) < 4.78 is 26.2. The molecule has 7 nitrogen and oxygen atoms in total. The highest BCUT2D eigenvalue weighted by Crippen LogP contribution is 2.23. The van der Waals surface area contributed by atoms with Gasteiger partial charge in [0.25, 0.3) is 0 Å². The number of amides is 1. The van der Waals surface area contributed by atoms with Gasteiger partial charge in [0, 0.05) is 18.7 Å². The largest absolute Gasteiger partial charge is 0.465 e. The summed E-state index contributed by atoms with van der Waals surface area (Å²) in [6.45, 7) is 5.92. The maximum atomic E-state index is 14.3. The summed E-state index contributed by atoms with van der Waals surface area (Å²) in [5.74, 6) is -0.496. The van der Waals surface area contributed by atoms with Crippen molar-refractivity contribution < 1.29 is 23.5 Å². The number of nitrogens with one attached hydrogen (secondary N) is 1. The minimum atomic E-state index is -0.615. The van der Waals surface area contributed by atoms with Crippen molar-refractivity contribution in [3.63, 3.8) is 0 Å². The van der Waals surface area contributed by atoms with Crippen molar-refractivity contribution in [3.05, 3.63) is 64.2 Å². The number of hydrogen-bond donors (Lipinski definition) is 1. The van der Waals surface area contributed by atoms with Crippen LogP contribution < -0.4 is 5.32 Å². The number of carbonyl (C=O) groups is 2. The molecule has 174 valence electrons. The number of nitrogens with zero attached hydrogens (tertiary/aromatic N) is 2. The van der Waals surface area contributed by atoms with E-state index in [2.05, 4.69) is 10.3 Å². The molecular weight excluding hydrogens is 449 g/mol. The quantitative estimate of drug-likeness (QED) is 0.490. The molecule has 0 aliphatic carbocycles. The lowest BCUT2D eigenvalue weighted by Gasteiger charge is -2.19. The van der Waals surface area contributed by atoms with E-state index < -0.39 is 23.5 Å². The number of alkyl carbamates (subject to hydrolysis) is 1. The highest BCUT2D eigenvalue weighted by Gasteiger charge is 2.17. The molecule has 0 saturated carbocycles. The molecule has 0 aliphatic rings. The number of imidazole rings is 1. The fraction of sp³-hybridized carbons (Fsp3) is 0.292. The predicted octanol–water partition coefficient (Wildman–Crippen LogP) is 5.31. The van der Waals surface area contributed by atoms with Crippen LogP contribution in [0.1, 0.15) is 42.5 Å². The lowest BCUT2D eigenvalue weighted by atomic mass is 10.2. The third-order valence-corrected chi connectivity index (χ3v) is 4.89.